The molecule has 0 aliphatic rings. The van der Waals surface area contributed by atoms with E-state index in [0.717, 1.165) is 6.07 Å². The van der Waals surface area contributed by atoms with E-state index >= 15 is 0 Å². The molecule has 0 aliphatic carbocycles. The third-order valence-corrected chi connectivity index (χ3v) is 2.31. The molecule has 0 bridgehead atoms. The lowest BCUT2D eigenvalue weighted by Gasteiger charge is -2.17. The van der Waals surface area contributed by atoms with Gasteiger partial charge in [-0.25, -0.2) is 0 Å². The van der Waals surface area contributed by atoms with E-state index in [1.54, 1.807) is 0 Å². The molecule has 0 saturated heterocycles. The molecule has 0 radical (unpaired) electrons. The van der Waals surface area contributed by atoms with Gasteiger partial charge in [0.2, 0.25) is 0 Å². The molecule has 1 aromatic rings. The second kappa shape index (κ2) is 4.54. The van der Waals surface area contributed by atoms with Crippen LogP contribution in [0.25, 0.3) is 0 Å². The molecule has 2 nitrogen and oxygen atoms in total. The predicted molar refractivity (Wildman–Crippen MR) is 51.7 cm³/mol. The van der Waals surface area contributed by atoms with Crippen LogP contribution in [0.3, 0.4) is 0 Å². The van der Waals surface area contributed by atoms with Crippen LogP contribution in [-0.2, 0) is 6.18 Å². The van der Waals surface area contributed by atoms with Gasteiger partial charge < -0.3 is 5.11 Å². The molecule has 1 rings (SSSR count). The fourth-order valence-corrected chi connectivity index (χ4v) is 1.49. The topological polar surface area (TPSA) is 44.0 Å². The van der Waals surface area contributed by atoms with Crippen LogP contribution in [0.2, 0.25) is 0 Å². The van der Waals surface area contributed by atoms with Crippen molar-refractivity contribution in [3.05, 3.63) is 34.9 Å². The van der Waals surface area contributed by atoms with Crippen molar-refractivity contribution in [2.24, 2.45) is 0 Å². The highest BCUT2D eigenvalue weighted by Gasteiger charge is 2.37. The number of benzene rings is 1. The predicted octanol–water partition coefficient (Wildman–Crippen LogP) is 2.67. The lowest BCUT2D eigenvalue weighted by atomic mass is 9.92. The van der Waals surface area contributed by atoms with Gasteiger partial charge in [-0.3, -0.25) is 0 Å². The van der Waals surface area contributed by atoms with Crippen molar-refractivity contribution in [2.45, 2.75) is 19.0 Å². The van der Waals surface area contributed by atoms with Crippen LogP contribution in [0.1, 0.15) is 29.5 Å². The van der Waals surface area contributed by atoms with Crippen molar-refractivity contribution < 1.29 is 18.3 Å². The summed E-state index contributed by atoms with van der Waals surface area (Å²) in [5.41, 5.74) is -1.40. The largest absolute Gasteiger partial charge is 0.417 e. The van der Waals surface area contributed by atoms with Gasteiger partial charge in [-0.1, -0.05) is 19.1 Å². The van der Waals surface area contributed by atoms with E-state index < -0.39 is 29.8 Å². The van der Waals surface area contributed by atoms with E-state index in [4.69, 9.17) is 10.4 Å². The van der Waals surface area contributed by atoms with Gasteiger partial charge in [-0.05, 0) is 11.6 Å². The maximum atomic E-state index is 12.8. The minimum absolute atomic E-state index is 0.0472. The highest BCUT2D eigenvalue weighted by Crippen LogP contribution is 2.37. The molecule has 0 aliphatic heterocycles. The van der Waals surface area contributed by atoms with Crippen LogP contribution in [0.15, 0.2) is 18.2 Å². The summed E-state index contributed by atoms with van der Waals surface area (Å²) in [6.45, 7) is 1.09. The summed E-state index contributed by atoms with van der Waals surface area (Å²) in [4.78, 5) is 0. The molecule has 0 spiro atoms. The summed E-state index contributed by atoms with van der Waals surface area (Å²) in [5, 5.41) is 17.5. The molecule has 86 valence electrons. The Bertz CT molecular complexity index is 420. The Morgan fingerprint density at radius 1 is 1.44 bits per heavy atom. The third-order valence-electron chi connectivity index (χ3n) is 2.31. The Labute approximate surface area is 90.9 Å². The second-order valence-electron chi connectivity index (χ2n) is 3.46. The van der Waals surface area contributed by atoms with Gasteiger partial charge in [0, 0.05) is 12.5 Å². The van der Waals surface area contributed by atoms with Gasteiger partial charge in [0.05, 0.1) is 17.2 Å². The Morgan fingerprint density at radius 2 is 2.06 bits per heavy atom. The van der Waals surface area contributed by atoms with Crippen molar-refractivity contribution in [1.82, 2.24) is 0 Å². The van der Waals surface area contributed by atoms with Gasteiger partial charge >= 0.3 is 6.18 Å². The van der Waals surface area contributed by atoms with E-state index in [0.29, 0.717) is 0 Å². The summed E-state index contributed by atoms with van der Waals surface area (Å²) in [5.74, 6) is -0.648. The maximum Gasteiger partial charge on any atom is 0.417 e. The summed E-state index contributed by atoms with van der Waals surface area (Å²) in [6.07, 6.45) is -4.58. The van der Waals surface area contributed by atoms with Crippen LogP contribution in [0, 0.1) is 11.3 Å². The molecule has 0 fully saturated rings. The lowest BCUT2D eigenvalue weighted by molar-refractivity contribution is -0.138. The molecular weight excluding hydrogens is 219 g/mol. The summed E-state index contributed by atoms with van der Waals surface area (Å²) >= 11 is 0. The van der Waals surface area contributed by atoms with Crippen LogP contribution >= 0.6 is 0 Å². The number of hydrogen-bond donors (Lipinski definition) is 1. The van der Waals surface area contributed by atoms with Crippen molar-refractivity contribution >= 4 is 0 Å². The molecule has 16 heavy (non-hydrogen) atoms. The molecule has 0 saturated carbocycles. The van der Waals surface area contributed by atoms with Gasteiger partial charge in [-0.15, -0.1) is 0 Å². The fourth-order valence-electron chi connectivity index (χ4n) is 1.49. The fraction of sp³-hybridized carbons (Fsp3) is 0.364. The number of aliphatic hydroxyl groups is 1. The first-order valence-corrected chi connectivity index (χ1v) is 4.63. The van der Waals surface area contributed by atoms with Crippen LogP contribution in [0.5, 0.6) is 0 Å². The van der Waals surface area contributed by atoms with E-state index in [1.165, 1.54) is 25.1 Å². The number of rotatable bonds is 2. The van der Waals surface area contributed by atoms with E-state index in [-0.39, 0.29) is 5.56 Å². The summed E-state index contributed by atoms with van der Waals surface area (Å²) in [7, 11) is 0. The third kappa shape index (κ3) is 2.34. The van der Waals surface area contributed by atoms with E-state index in [2.05, 4.69) is 0 Å². The Kier molecular flexibility index (Phi) is 3.55. The normalized spacial score (nSPS) is 13.2. The monoisotopic (exact) mass is 229 g/mol. The Morgan fingerprint density at radius 3 is 2.50 bits per heavy atom. The first-order chi connectivity index (χ1) is 7.41. The van der Waals surface area contributed by atoms with E-state index in [1.807, 2.05) is 0 Å². The minimum atomic E-state index is -4.58. The molecule has 1 N–H and O–H groups in total. The molecule has 0 heterocycles. The number of halogens is 3. The summed E-state index contributed by atoms with van der Waals surface area (Å²) in [6, 6.07) is 5.31. The molecule has 5 heteroatoms. The molecule has 0 amide bonds. The number of nitriles is 1. The summed E-state index contributed by atoms with van der Waals surface area (Å²) < 4.78 is 38.3. The average molecular weight is 229 g/mol. The van der Waals surface area contributed by atoms with Crippen molar-refractivity contribution in [3.63, 3.8) is 0 Å². The smallest absolute Gasteiger partial charge is 0.396 e. The number of aliphatic hydroxyl groups excluding tert-OH is 1. The molecule has 1 unspecified atom stereocenters. The SMILES string of the molecule is CC(CO)c1cccc(C#N)c1C(F)(F)F. The molecule has 1 atom stereocenters. The minimum Gasteiger partial charge on any atom is -0.396 e. The van der Waals surface area contributed by atoms with Gasteiger partial charge in [0.25, 0.3) is 0 Å². The number of alkyl halides is 3. The zero-order chi connectivity index (χ0) is 12.3. The highest BCUT2D eigenvalue weighted by molar-refractivity contribution is 5.46. The van der Waals surface area contributed by atoms with Crippen molar-refractivity contribution in [1.29, 1.82) is 5.26 Å². The average Bonchev–Trinajstić information content (AvgIpc) is 2.25. The van der Waals surface area contributed by atoms with Gasteiger partial charge in [0.1, 0.15) is 0 Å². The zero-order valence-electron chi connectivity index (χ0n) is 8.54. The Balaban J connectivity index is 3.46. The standard InChI is InChI=1S/C11H10F3NO/c1-7(6-16)9-4-2-3-8(5-15)10(9)11(12,13)14/h2-4,7,16H,6H2,1H3. The van der Waals surface area contributed by atoms with Crippen molar-refractivity contribution in [2.75, 3.05) is 6.61 Å². The number of nitrogens with zero attached hydrogens (tertiary/aromatic N) is 1. The first-order valence-electron chi connectivity index (χ1n) is 4.63. The second-order valence-corrected chi connectivity index (χ2v) is 3.46. The highest BCUT2D eigenvalue weighted by atomic mass is 19.4. The van der Waals surface area contributed by atoms with E-state index in [9.17, 15) is 13.2 Å². The lowest BCUT2D eigenvalue weighted by Crippen LogP contribution is -2.14. The van der Waals surface area contributed by atoms with Gasteiger partial charge in [0.15, 0.2) is 0 Å². The van der Waals surface area contributed by atoms with Crippen LogP contribution < -0.4 is 0 Å². The van der Waals surface area contributed by atoms with Crippen LogP contribution in [0.4, 0.5) is 13.2 Å². The molecule has 0 aromatic heterocycles. The van der Waals surface area contributed by atoms with Gasteiger partial charge in [-0.2, -0.15) is 18.4 Å². The Hall–Kier alpha value is -1.54. The van der Waals surface area contributed by atoms with Crippen LogP contribution in [-0.4, -0.2) is 11.7 Å². The molecule has 1 aromatic carbocycles. The molecular formula is C11H10F3NO. The number of hydrogen-bond acceptors (Lipinski definition) is 2. The first kappa shape index (κ1) is 12.5. The zero-order valence-corrected chi connectivity index (χ0v) is 8.54. The van der Waals surface area contributed by atoms with Crippen molar-refractivity contribution in [3.8, 4) is 6.07 Å². The quantitative estimate of drug-likeness (QED) is 0.847. The maximum absolute atomic E-state index is 12.8.